The van der Waals surface area contributed by atoms with E-state index < -0.39 is 35.7 Å². The molecule has 43 heavy (non-hydrogen) atoms. The molecule has 3 heterocycles. The summed E-state index contributed by atoms with van der Waals surface area (Å²) in [5, 5.41) is 4.50. The van der Waals surface area contributed by atoms with Crippen LogP contribution in [0.2, 0.25) is 5.02 Å². The van der Waals surface area contributed by atoms with Crippen LogP contribution < -0.4 is 10.2 Å². The molecule has 0 saturated carbocycles. The number of carbonyl (C=O) groups excluding carboxylic acids is 3. The number of anilines is 1. The Hall–Kier alpha value is -4.95. The maximum absolute atomic E-state index is 14.2. The van der Waals surface area contributed by atoms with Gasteiger partial charge in [-0.2, -0.15) is 0 Å². The molecule has 2 aliphatic heterocycles. The molecule has 0 spiro atoms. The average Bonchev–Trinajstić information content (AvgIpc) is 3.50. The van der Waals surface area contributed by atoms with Gasteiger partial charge in [-0.1, -0.05) is 66.2 Å². The number of benzene rings is 4. The van der Waals surface area contributed by atoms with Gasteiger partial charge in [0, 0.05) is 34.6 Å². The fourth-order valence-corrected chi connectivity index (χ4v) is 6.47. The van der Waals surface area contributed by atoms with Gasteiger partial charge in [0.2, 0.25) is 0 Å². The summed E-state index contributed by atoms with van der Waals surface area (Å²) in [5.41, 5.74) is 4.73. The van der Waals surface area contributed by atoms with E-state index in [0.717, 1.165) is 32.6 Å². The summed E-state index contributed by atoms with van der Waals surface area (Å²) in [5.74, 6) is -1.20. The van der Waals surface area contributed by atoms with Crippen LogP contribution in [-0.2, 0) is 17.6 Å². The molecule has 0 bridgehead atoms. The molecular weight excluding hydrogens is 567 g/mol. The van der Waals surface area contributed by atoms with Gasteiger partial charge in [0.25, 0.3) is 11.8 Å². The third-order valence-corrected chi connectivity index (χ3v) is 8.45. The fourth-order valence-electron chi connectivity index (χ4n) is 6.26. The number of aromatic nitrogens is 1. The number of imide groups is 1. The fraction of sp³-hybridized carbons (Fsp3) is 0.147. The molecule has 0 radical (unpaired) electrons. The van der Waals surface area contributed by atoms with Crippen LogP contribution in [0.3, 0.4) is 0 Å². The first-order valence-corrected chi connectivity index (χ1v) is 14.4. The first kappa shape index (κ1) is 26.9. The number of hydrogen-bond acceptors (Lipinski definition) is 3. The Labute approximate surface area is 251 Å². The molecule has 4 amide bonds. The lowest BCUT2D eigenvalue weighted by molar-refractivity contribution is -0.120. The quantitative estimate of drug-likeness (QED) is 0.223. The van der Waals surface area contributed by atoms with Gasteiger partial charge in [-0.15, -0.1) is 0 Å². The summed E-state index contributed by atoms with van der Waals surface area (Å²) < 4.78 is 13.9. The Balaban J connectivity index is 1.23. The number of H-pyrrole nitrogens is 1. The van der Waals surface area contributed by atoms with Crippen molar-refractivity contribution in [1.29, 1.82) is 0 Å². The zero-order valence-electron chi connectivity index (χ0n) is 22.9. The molecule has 1 fully saturated rings. The molecule has 0 aliphatic carbocycles. The van der Waals surface area contributed by atoms with Gasteiger partial charge in [0.1, 0.15) is 17.9 Å². The van der Waals surface area contributed by atoms with E-state index in [2.05, 4.69) is 10.3 Å². The van der Waals surface area contributed by atoms with Crippen molar-refractivity contribution in [2.24, 2.45) is 0 Å². The van der Waals surface area contributed by atoms with Gasteiger partial charge < -0.3 is 10.3 Å². The Morgan fingerprint density at radius 1 is 0.953 bits per heavy atom. The predicted octanol–water partition coefficient (Wildman–Crippen LogP) is 6.42. The molecule has 7 rings (SSSR count). The number of aromatic amines is 1. The maximum atomic E-state index is 14.2. The minimum absolute atomic E-state index is 0.220. The number of nitrogens with zero attached hydrogens (tertiary/aromatic N) is 2. The monoisotopic (exact) mass is 592 g/mol. The molecule has 2 N–H and O–H groups in total. The van der Waals surface area contributed by atoms with Gasteiger partial charge >= 0.3 is 6.03 Å². The lowest BCUT2D eigenvalue weighted by Gasteiger charge is -2.36. The molecule has 5 aromatic rings. The molecule has 9 heteroatoms. The van der Waals surface area contributed by atoms with Crippen LogP contribution in [0.1, 0.15) is 38.8 Å². The second-order valence-corrected chi connectivity index (χ2v) is 11.2. The summed E-state index contributed by atoms with van der Waals surface area (Å²) in [6.45, 7) is 0.346. The summed E-state index contributed by atoms with van der Waals surface area (Å²) in [7, 11) is 0. The van der Waals surface area contributed by atoms with E-state index in [1.165, 1.54) is 12.1 Å². The predicted molar refractivity (Wildman–Crippen MR) is 163 cm³/mol. The zero-order valence-corrected chi connectivity index (χ0v) is 23.6. The topological polar surface area (TPSA) is 85.5 Å². The van der Waals surface area contributed by atoms with Gasteiger partial charge in [-0.3, -0.25) is 14.5 Å². The number of fused-ring (bicyclic) bond motifs is 4. The van der Waals surface area contributed by atoms with E-state index in [0.29, 0.717) is 30.0 Å². The maximum Gasteiger partial charge on any atom is 0.332 e. The van der Waals surface area contributed by atoms with Gasteiger partial charge in [-0.05, 0) is 65.6 Å². The summed E-state index contributed by atoms with van der Waals surface area (Å²) in [4.78, 5) is 47.8. The normalized spacial score (nSPS) is 17.7. The highest BCUT2D eigenvalue weighted by atomic mass is 35.5. The van der Waals surface area contributed by atoms with E-state index >= 15 is 0 Å². The number of amides is 4. The second-order valence-electron chi connectivity index (χ2n) is 10.8. The van der Waals surface area contributed by atoms with Crippen LogP contribution >= 0.6 is 11.6 Å². The van der Waals surface area contributed by atoms with E-state index in [4.69, 9.17) is 11.6 Å². The highest BCUT2D eigenvalue weighted by molar-refractivity contribution is 6.30. The Kier molecular flexibility index (Phi) is 6.70. The molecule has 2 atom stereocenters. The molecular formula is C34H26ClFN4O3. The lowest BCUT2D eigenvalue weighted by Crippen LogP contribution is -2.44. The summed E-state index contributed by atoms with van der Waals surface area (Å²) in [6, 6.07) is 25.8. The van der Waals surface area contributed by atoms with E-state index in [9.17, 15) is 18.8 Å². The van der Waals surface area contributed by atoms with E-state index in [1.54, 1.807) is 47.4 Å². The third-order valence-electron chi connectivity index (χ3n) is 8.21. The van der Waals surface area contributed by atoms with Crippen LogP contribution in [0.4, 0.5) is 14.9 Å². The Bertz CT molecular complexity index is 1900. The molecule has 0 unspecified atom stereocenters. The Morgan fingerprint density at radius 3 is 2.53 bits per heavy atom. The van der Waals surface area contributed by atoms with Crippen molar-refractivity contribution in [1.82, 2.24) is 15.2 Å². The van der Waals surface area contributed by atoms with Crippen LogP contribution in [0.15, 0.2) is 97.1 Å². The molecule has 2 aliphatic rings. The zero-order chi connectivity index (χ0) is 29.7. The van der Waals surface area contributed by atoms with Gasteiger partial charge in [-0.25, -0.2) is 14.1 Å². The molecule has 1 aromatic heterocycles. The number of nitrogens with one attached hydrogen (secondary N) is 2. The average molecular weight is 593 g/mol. The van der Waals surface area contributed by atoms with Crippen molar-refractivity contribution in [2.45, 2.75) is 24.9 Å². The molecule has 1 saturated heterocycles. The van der Waals surface area contributed by atoms with Gasteiger partial charge in [0.05, 0.1) is 11.3 Å². The highest BCUT2D eigenvalue weighted by Gasteiger charge is 2.53. The van der Waals surface area contributed by atoms with Crippen LogP contribution in [0.5, 0.6) is 0 Å². The highest BCUT2D eigenvalue weighted by Crippen LogP contribution is 2.45. The second kappa shape index (κ2) is 10.7. The largest absolute Gasteiger partial charge is 0.356 e. The van der Waals surface area contributed by atoms with Crippen molar-refractivity contribution in [3.63, 3.8) is 0 Å². The number of para-hydroxylation sites is 2. The molecule has 7 nitrogen and oxygen atoms in total. The van der Waals surface area contributed by atoms with Crippen molar-refractivity contribution in [3.05, 3.63) is 136 Å². The number of carbonyl (C=O) groups is 3. The molecule has 214 valence electrons. The van der Waals surface area contributed by atoms with Crippen LogP contribution in [-0.4, -0.2) is 40.3 Å². The summed E-state index contributed by atoms with van der Waals surface area (Å²) >= 11 is 6.08. The lowest BCUT2D eigenvalue weighted by atomic mass is 9.89. The van der Waals surface area contributed by atoms with E-state index in [-0.39, 0.29) is 11.3 Å². The standard InChI is InChI=1S/C34H26ClFN4O3/c35-22-7-5-6-20(18-22)16-17-37-32(41)25-9-2-4-11-28(25)40-33(42)29-19-26-24-8-1-3-10-27(24)38-30(26)31(39(29)34(40)43)21-12-14-23(36)15-13-21/h1-15,18,29,31,38H,16-17,19H2,(H,37,41)/t29-,31-/m0/s1. The molecule has 4 aromatic carbocycles. The van der Waals surface area contributed by atoms with Crippen molar-refractivity contribution in [2.75, 3.05) is 11.4 Å². The first-order valence-electron chi connectivity index (χ1n) is 14.0. The van der Waals surface area contributed by atoms with Crippen molar-refractivity contribution >= 4 is 46.0 Å². The van der Waals surface area contributed by atoms with Crippen molar-refractivity contribution < 1.29 is 18.8 Å². The smallest absolute Gasteiger partial charge is 0.332 e. The third kappa shape index (κ3) is 4.64. The van der Waals surface area contributed by atoms with Crippen molar-refractivity contribution in [3.8, 4) is 0 Å². The van der Waals surface area contributed by atoms with Crippen LogP contribution in [0, 0.1) is 5.82 Å². The van der Waals surface area contributed by atoms with E-state index in [1.807, 2.05) is 42.5 Å². The van der Waals surface area contributed by atoms with Crippen LogP contribution in [0.25, 0.3) is 10.9 Å². The minimum Gasteiger partial charge on any atom is -0.356 e. The number of hydrogen-bond donors (Lipinski definition) is 2. The first-order chi connectivity index (χ1) is 20.9. The number of halogens is 2. The number of urea groups is 1. The van der Waals surface area contributed by atoms with Gasteiger partial charge in [0.15, 0.2) is 0 Å². The Morgan fingerprint density at radius 2 is 1.72 bits per heavy atom. The minimum atomic E-state index is -0.798. The number of rotatable bonds is 6. The SMILES string of the molecule is O=C(NCCc1cccc(Cl)c1)c1ccccc1N1C(=O)[C@@H]2Cc3c([nH]c4ccccc34)[C@H](c3ccc(F)cc3)N2C1=O. The summed E-state index contributed by atoms with van der Waals surface area (Å²) in [6.07, 6.45) is 0.878.